The van der Waals surface area contributed by atoms with Crippen molar-refractivity contribution in [3.63, 3.8) is 0 Å². The van der Waals surface area contributed by atoms with E-state index in [1.54, 1.807) is 31.2 Å². The second-order valence-corrected chi connectivity index (χ2v) is 10.9. The van der Waals surface area contributed by atoms with Gasteiger partial charge in [0.15, 0.2) is 9.84 Å². The van der Waals surface area contributed by atoms with E-state index >= 15 is 4.39 Å². The van der Waals surface area contributed by atoms with Crippen molar-refractivity contribution in [2.45, 2.75) is 24.4 Å². The molecule has 4 aromatic rings. The van der Waals surface area contributed by atoms with Crippen LogP contribution in [0.2, 0.25) is 5.02 Å². The molecule has 1 aliphatic heterocycles. The number of nitrogens with zero attached hydrogens (tertiary/aromatic N) is 4. The van der Waals surface area contributed by atoms with Crippen LogP contribution in [0, 0.1) is 18.7 Å². The number of halogens is 3. The molecule has 0 unspecified atom stereocenters. The Morgan fingerprint density at radius 2 is 1.76 bits per heavy atom. The van der Waals surface area contributed by atoms with Gasteiger partial charge in [0.25, 0.3) is 5.89 Å². The molecule has 0 bridgehead atoms. The third-order valence-electron chi connectivity index (χ3n) is 5.85. The van der Waals surface area contributed by atoms with Gasteiger partial charge < -0.3 is 15.1 Å². The lowest BCUT2D eigenvalue weighted by atomic mass is 10.1. The first-order chi connectivity index (χ1) is 17.5. The van der Waals surface area contributed by atoms with Crippen molar-refractivity contribution >= 4 is 33.0 Å². The van der Waals surface area contributed by atoms with Crippen LogP contribution in [0.5, 0.6) is 0 Å². The Bertz CT molecular complexity index is 1640. The van der Waals surface area contributed by atoms with E-state index in [1.807, 2.05) is 0 Å². The fraction of sp³-hybridized carbons (Fsp3) is 0.167. The van der Waals surface area contributed by atoms with Crippen LogP contribution in [-0.4, -0.2) is 41.3 Å². The summed E-state index contributed by atoms with van der Waals surface area (Å²) in [5, 5.41) is 8.26. The molecule has 3 heterocycles. The maximum Gasteiger partial charge on any atom is 0.251 e. The Balaban J connectivity index is 1.64. The smallest absolute Gasteiger partial charge is 0.251 e. The standard InChI is InChI=1S/C24H18ClF2N5O4S/c1-12-15(6-7-21(27)29-12)22-30-31-23(36-22)16-8-19-20(9-17(16)26)37(34,35)11-18(28)24(33)32(19)10-13-2-4-14(25)5-3-13/h2-9,18H,10-11,28H2,1H3/t18-/m0/s1. The summed E-state index contributed by atoms with van der Waals surface area (Å²) in [5.41, 5.74) is 6.86. The van der Waals surface area contributed by atoms with Crippen molar-refractivity contribution in [2.75, 3.05) is 10.7 Å². The highest BCUT2D eigenvalue weighted by Crippen LogP contribution is 2.37. The molecular weight excluding hydrogens is 528 g/mol. The summed E-state index contributed by atoms with van der Waals surface area (Å²) >= 11 is 5.95. The predicted molar refractivity (Wildman–Crippen MR) is 130 cm³/mol. The first-order valence-electron chi connectivity index (χ1n) is 10.9. The molecule has 0 radical (unpaired) electrons. The summed E-state index contributed by atoms with van der Waals surface area (Å²) in [6.45, 7) is 1.49. The van der Waals surface area contributed by atoms with E-state index in [4.69, 9.17) is 21.8 Å². The number of anilines is 1. The minimum atomic E-state index is -4.12. The van der Waals surface area contributed by atoms with Crippen LogP contribution in [0.25, 0.3) is 22.9 Å². The first-order valence-corrected chi connectivity index (χ1v) is 12.9. The maximum atomic E-state index is 15.3. The molecule has 1 aliphatic rings. The van der Waals surface area contributed by atoms with Gasteiger partial charge in [0.1, 0.15) is 5.82 Å². The fourth-order valence-electron chi connectivity index (χ4n) is 4.02. The second kappa shape index (κ2) is 9.29. The summed E-state index contributed by atoms with van der Waals surface area (Å²) in [6.07, 6.45) is 0. The number of rotatable bonds is 4. The number of pyridine rings is 1. The molecule has 2 aromatic carbocycles. The van der Waals surface area contributed by atoms with Gasteiger partial charge in [-0.05, 0) is 48.9 Å². The highest BCUT2D eigenvalue weighted by Gasteiger charge is 2.37. The number of fused-ring (bicyclic) bond motifs is 1. The maximum absolute atomic E-state index is 15.3. The Labute approximate surface area is 214 Å². The molecule has 1 amide bonds. The normalized spacial score (nSPS) is 16.9. The van der Waals surface area contributed by atoms with E-state index in [2.05, 4.69) is 15.2 Å². The highest BCUT2D eigenvalue weighted by molar-refractivity contribution is 7.91. The van der Waals surface area contributed by atoms with Gasteiger partial charge in [0, 0.05) is 5.02 Å². The molecule has 37 heavy (non-hydrogen) atoms. The van der Waals surface area contributed by atoms with Gasteiger partial charge in [-0.3, -0.25) is 4.79 Å². The van der Waals surface area contributed by atoms with E-state index in [-0.39, 0.29) is 40.2 Å². The number of aryl methyl sites for hydroxylation is 1. The van der Waals surface area contributed by atoms with Gasteiger partial charge >= 0.3 is 0 Å². The number of carbonyl (C=O) groups is 1. The zero-order valence-electron chi connectivity index (χ0n) is 19.2. The summed E-state index contributed by atoms with van der Waals surface area (Å²) < 4.78 is 60.3. The van der Waals surface area contributed by atoms with E-state index < -0.39 is 39.3 Å². The number of benzene rings is 2. The number of sulfone groups is 1. The quantitative estimate of drug-likeness (QED) is 0.384. The highest BCUT2D eigenvalue weighted by atomic mass is 35.5. The molecule has 190 valence electrons. The summed E-state index contributed by atoms with van der Waals surface area (Å²) in [5.74, 6) is -3.31. The molecule has 9 nitrogen and oxygen atoms in total. The van der Waals surface area contributed by atoms with Gasteiger partial charge in [-0.2, -0.15) is 4.39 Å². The van der Waals surface area contributed by atoms with Crippen molar-refractivity contribution in [3.8, 4) is 22.9 Å². The minimum Gasteiger partial charge on any atom is -0.416 e. The van der Waals surface area contributed by atoms with E-state index in [0.29, 0.717) is 16.1 Å². The third-order valence-corrected chi connectivity index (χ3v) is 7.90. The van der Waals surface area contributed by atoms with E-state index in [1.165, 1.54) is 17.0 Å². The number of hydrogen-bond donors (Lipinski definition) is 1. The average molecular weight is 546 g/mol. The summed E-state index contributed by atoms with van der Waals surface area (Å²) in [4.78, 5) is 17.7. The average Bonchev–Trinajstić information content (AvgIpc) is 3.30. The molecule has 2 aromatic heterocycles. The third kappa shape index (κ3) is 4.70. The summed E-state index contributed by atoms with van der Waals surface area (Å²) in [7, 11) is -4.12. The molecule has 0 aliphatic carbocycles. The van der Waals surface area contributed by atoms with Gasteiger partial charge in [0.2, 0.25) is 17.7 Å². The SMILES string of the molecule is Cc1nc(F)ccc1-c1nnc(-c2cc3c(cc2F)S(=O)(=O)C[C@H](N)C(=O)N3Cc2ccc(Cl)cc2)o1. The lowest BCUT2D eigenvalue weighted by Gasteiger charge is -2.24. The molecule has 0 saturated heterocycles. The van der Waals surface area contributed by atoms with Crippen molar-refractivity contribution in [3.05, 3.63) is 76.6 Å². The Morgan fingerprint density at radius 3 is 2.43 bits per heavy atom. The first kappa shape index (κ1) is 24.9. The predicted octanol–water partition coefficient (Wildman–Crippen LogP) is 3.69. The molecule has 1 atom stereocenters. The Hall–Kier alpha value is -3.74. The van der Waals surface area contributed by atoms with E-state index in [0.717, 1.165) is 12.1 Å². The van der Waals surface area contributed by atoms with Gasteiger partial charge in [-0.25, -0.2) is 17.8 Å². The second-order valence-electron chi connectivity index (χ2n) is 8.42. The van der Waals surface area contributed by atoms with Crippen LogP contribution in [0.15, 0.2) is 57.8 Å². The molecular formula is C24H18ClF2N5O4S. The lowest BCUT2D eigenvalue weighted by molar-refractivity contribution is -0.119. The van der Waals surface area contributed by atoms with Crippen LogP contribution < -0.4 is 10.6 Å². The molecule has 5 rings (SSSR count). The number of hydrogen-bond acceptors (Lipinski definition) is 8. The molecule has 0 saturated carbocycles. The van der Waals surface area contributed by atoms with Crippen LogP contribution in [0.3, 0.4) is 0 Å². The molecule has 2 N–H and O–H groups in total. The minimum absolute atomic E-state index is 0.0434. The van der Waals surface area contributed by atoms with Crippen LogP contribution in [0.4, 0.5) is 14.5 Å². The monoisotopic (exact) mass is 545 g/mol. The van der Waals surface area contributed by atoms with Crippen LogP contribution in [-0.2, 0) is 21.2 Å². The number of amides is 1. The Kier molecular flexibility index (Phi) is 6.26. The van der Waals surface area contributed by atoms with Gasteiger partial charge in [0.05, 0.1) is 45.7 Å². The van der Waals surface area contributed by atoms with Gasteiger partial charge in [-0.15, -0.1) is 10.2 Å². The van der Waals surface area contributed by atoms with Crippen molar-refractivity contribution in [1.29, 1.82) is 0 Å². The summed E-state index contributed by atoms with van der Waals surface area (Å²) in [6, 6.07) is 9.72. The topological polar surface area (TPSA) is 132 Å². The van der Waals surface area contributed by atoms with Crippen molar-refractivity contribution < 1.29 is 26.4 Å². The number of aromatic nitrogens is 3. The number of nitrogens with two attached hydrogens (primary N) is 1. The Morgan fingerprint density at radius 1 is 1.08 bits per heavy atom. The van der Waals surface area contributed by atoms with E-state index in [9.17, 15) is 17.6 Å². The fourth-order valence-corrected chi connectivity index (χ4v) is 5.71. The lowest BCUT2D eigenvalue weighted by Crippen LogP contribution is -2.45. The zero-order valence-corrected chi connectivity index (χ0v) is 20.7. The zero-order chi connectivity index (χ0) is 26.5. The van der Waals surface area contributed by atoms with Crippen molar-refractivity contribution in [1.82, 2.24) is 15.2 Å². The molecule has 13 heteroatoms. The van der Waals surface area contributed by atoms with Gasteiger partial charge in [-0.1, -0.05) is 23.7 Å². The molecule has 0 spiro atoms. The number of carbonyl (C=O) groups excluding carboxylic acids is 1. The van der Waals surface area contributed by atoms with Crippen LogP contribution >= 0.6 is 11.6 Å². The molecule has 0 fully saturated rings. The largest absolute Gasteiger partial charge is 0.416 e. The van der Waals surface area contributed by atoms with Crippen molar-refractivity contribution in [2.24, 2.45) is 5.73 Å². The van der Waals surface area contributed by atoms with Crippen LogP contribution in [0.1, 0.15) is 11.3 Å².